The third-order valence-electron chi connectivity index (χ3n) is 4.22. The molecule has 1 atom stereocenters. The molecule has 2 aromatic rings. The molecule has 1 aromatic carbocycles. The van der Waals surface area contributed by atoms with Crippen molar-refractivity contribution < 1.29 is 14.3 Å². The third-order valence-corrected chi connectivity index (χ3v) is 4.22. The molecular formula is C17H21N5O3. The molecule has 1 aromatic heterocycles. The van der Waals surface area contributed by atoms with Crippen molar-refractivity contribution in [1.82, 2.24) is 14.8 Å². The Morgan fingerprint density at radius 2 is 1.80 bits per heavy atom. The van der Waals surface area contributed by atoms with Gasteiger partial charge in [0, 0.05) is 30.5 Å². The number of amides is 2. The van der Waals surface area contributed by atoms with Crippen LogP contribution >= 0.6 is 0 Å². The van der Waals surface area contributed by atoms with E-state index in [0.717, 1.165) is 12.8 Å². The Bertz CT molecular complexity index is 708. The minimum atomic E-state index is -0.463. The molecular weight excluding hydrogens is 322 g/mol. The summed E-state index contributed by atoms with van der Waals surface area (Å²) in [6.07, 6.45) is 4.39. The van der Waals surface area contributed by atoms with E-state index in [4.69, 9.17) is 4.74 Å². The molecule has 2 heterocycles. The van der Waals surface area contributed by atoms with Crippen LogP contribution in [-0.4, -0.2) is 39.8 Å². The minimum Gasteiger partial charge on any atom is -0.381 e. The number of carbonyl (C=O) groups excluding carboxylic acids is 2. The second-order valence-electron chi connectivity index (χ2n) is 5.99. The van der Waals surface area contributed by atoms with E-state index in [1.807, 2.05) is 0 Å². The van der Waals surface area contributed by atoms with Crippen molar-refractivity contribution in [1.29, 1.82) is 0 Å². The molecule has 132 valence electrons. The number of nitrogens with zero attached hydrogens (tertiary/aromatic N) is 3. The van der Waals surface area contributed by atoms with E-state index in [0.29, 0.717) is 24.6 Å². The molecule has 25 heavy (non-hydrogen) atoms. The fourth-order valence-electron chi connectivity index (χ4n) is 2.63. The quantitative estimate of drug-likeness (QED) is 0.863. The van der Waals surface area contributed by atoms with Gasteiger partial charge < -0.3 is 15.4 Å². The molecule has 1 aliphatic heterocycles. The van der Waals surface area contributed by atoms with E-state index in [9.17, 15) is 9.59 Å². The maximum atomic E-state index is 12.2. The van der Waals surface area contributed by atoms with Crippen molar-refractivity contribution in [2.45, 2.75) is 25.8 Å². The van der Waals surface area contributed by atoms with E-state index in [2.05, 4.69) is 20.7 Å². The van der Waals surface area contributed by atoms with Gasteiger partial charge in [-0.1, -0.05) is 0 Å². The Balaban J connectivity index is 1.55. The van der Waals surface area contributed by atoms with Crippen LogP contribution in [0.2, 0.25) is 0 Å². The van der Waals surface area contributed by atoms with Crippen molar-refractivity contribution >= 4 is 23.2 Å². The zero-order valence-electron chi connectivity index (χ0n) is 14.0. The van der Waals surface area contributed by atoms with Crippen LogP contribution in [0.5, 0.6) is 0 Å². The van der Waals surface area contributed by atoms with Gasteiger partial charge in [0.25, 0.3) is 0 Å². The number of rotatable bonds is 5. The van der Waals surface area contributed by atoms with E-state index >= 15 is 0 Å². The second-order valence-corrected chi connectivity index (χ2v) is 5.99. The number of anilines is 2. The van der Waals surface area contributed by atoms with Gasteiger partial charge >= 0.3 is 0 Å². The highest BCUT2D eigenvalue weighted by Gasteiger charge is 2.21. The predicted molar refractivity (Wildman–Crippen MR) is 92.0 cm³/mol. The first-order chi connectivity index (χ1) is 12.1. The normalized spacial score (nSPS) is 16.2. The number of ether oxygens (including phenoxy) is 1. The summed E-state index contributed by atoms with van der Waals surface area (Å²) in [7, 11) is 0. The van der Waals surface area contributed by atoms with E-state index in [1.165, 1.54) is 17.3 Å². The summed E-state index contributed by atoms with van der Waals surface area (Å²) in [5, 5.41) is 9.68. The van der Waals surface area contributed by atoms with Crippen LogP contribution in [0.3, 0.4) is 0 Å². The molecule has 2 amide bonds. The lowest BCUT2D eigenvalue weighted by atomic mass is 9.99. The van der Waals surface area contributed by atoms with Crippen molar-refractivity contribution in [2.75, 3.05) is 23.8 Å². The predicted octanol–water partition coefficient (Wildman–Crippen LogP) is 1.84. The number of hydrogen-bond acceptors (Lipinski definition) is 5. The Labute approximate surface area is 145 Å². The minimum absolute atomic E-state index is 0.00309. The molecule has 0 aliphatic carbocycles. The Morgan fingerprint density at radius 1 is 1.16 bits per heavy atom. The summed E-state index contributed by atoms with van der Waals surface area (Å²) >= 11 is 0. The average molecular weight is 343 g/mol. The first-order valence-electron chi connectivity index (χ1n) is 8.27. The molecule has 0 spiro atoms. The highest BCUT2D eigenvalue weighted by atomic mass is 16.5. The number of aromatic nitrogens is 3. The van der Waals surface area contributed by atoms with E-state index < -0.39 is 6.04 Å². The van der Waals surface area contributed by atoms with Crippen molar-refractivity contribution in [3.05, 3.63) is 36.9 Å². The number of carbonyl (C=O) groups is 2. The van der Waals surface area contributed by atoms with Crippen LogP contribution < -0.4 is 10.6 Å². The number of benzene rings is 1. The van der Waals surface area contributed by atoms with Crippen LogP contribution in [-0.2, 0) is 14.3 Å². The lowest BCUT2D eigenvalue weighted by molar-refractivity contribution is -0.122. The summed E-state index contributed by atoms with van der Waals surface area (Å²) in [6, 6.07) is 6.59. The maximum absolute atomic E-state index is 12.2. The van der Waals surface area contributed by atoms with Crippen LogP contribution in [0.25, 0.3) is 0 Å². The Morgan fingerprint density at radius 3 is 2.40 bits per heavy atom. The summed E-state index contributed by atoms with van der Waals surface area (Å²) in [4.78, 5) is 28.2. The molecule has 1 fully saturated rings. The monoisotopic (exact) mass is 343 g/mol. The van der Waals surface area contributed by atoms with Crippen molar-refractivity contribution in [2.24, 2.45) is 5.92 Å². The smallest absolute Gasteiger partial charge is 0.249 e. The lowest BCUT2D eigenvalue weighted by Crippen LogP contribution is -2.28. The van der Waals surface area contributed by atoms with Gasteiger partial charge in [-0.2, -0.15) is 5.10 Å². The fourth-order valence-corrected chi connectivity index (χ4v) is 2.63. The van der Waals surface area contributed by atoms with Crippen LogP contribution in [0.15, 0.2) is 36.9 Å². The Kier molecular flexibility index (Phi) is 5.39. The van der Waals surface area contributed by atoms with Crippen LogP contribution in [0.4, 0.5) is 11.4 Å². The Hall–Kier alpha value is -2.74. The van der Waals surface area contributed by atoms with Gasteiger partial charge in [0.15, 0.2) is 0 Å². The molecule has 1 aliphatic rings. The van der Waals surface area contributed by atoms with Gasteiger partial charge in [0.1, 0.15) is 18.7 Å². The molecule has 0 unspecified atom stereocenters. The maximum Gasteiger partial charge on any atom is 0.249 e. The van der Waals surface area contributed by atoms with Gasteiger partial charge in [0.2, 0.25) is 11.8 Å². The topological polar surface area (TPSA) is 98.1 Å². The highest BCUT2D eigenvalue weighted by molar-refractivity contribution is 5.95. The first kappa shape index (κ1) is 17.1. The van der Waals surface area contributed by atoms with Gasteiger partial charge in [-0.3, -0.25) is 9.59 Å². The van der Waals surface area contributed by atoms with Gasteiger partial charge in [0.05, 0.1) is 0 Å². The SMILES string of the molecule is C[C@@H](C(=O)Nc1ccc(NC(=O)C2CCOCC2)cc1)n1cncn1. The molecule has 8 nitrogen and oxygen atoms in total. The summed E-state index contributed by atoms with van der Waals surface area (Å²) in [6.45, 7) is 3.01. The molecule has 1 saturated heterocycles. The van der Waals surface area contributed by atoms with Gasteiger partial charge in [-0.15, -0.1) is 0 Å². The van der Waals surface area contributed by atoms with Crippen molar-refractivity contribution in [3.8, 4) is 0 Å². The molecule has 0 radical (unpaired) electrons. The lowest BCUT2D eigenvalue weighted by Gasteiger charge is -2.21. The summed E-state index contributed by atoms with van der Waals surface area (Å²) < 4.78 is 6.75. The van der Waals surface area contributed by atoms with Crippen LogP contribution in [0.1, 0.15) is 25.8 Å². The number of hydrogen-bond donors (Lipinski definition) is 2. The third kappa shape index (κ3) is 4.42. The summed E-state index contributed by atoms with van der Waals surface area (Å²) in [5.41, 5.74) is 1.36. The molecule has 2 N–H and O–H groups in total. The van der Waals surface area contributed by atoms with Gasteiger partial charge in [-0.05, 0) is 44.0 Å². The highest BCUT2D eigenvalue weighted by Crippen LogP contribution is 2.19. The molecule has 8 heteroatoms. The second kappa shape index (κ2) is 7.89. The van der Waals surface area contributed by atoms with E-state index in [-0.39, 0.29) is 17.7 Å². The zero-order chi connectivity index (χ0) is 17.6. The molecule has 0 bridgehead atoms. The standard InChI is InChI=1S/C17H21N5O3/c1-12(22-11-18-10-19-22)16(23)20-14-2-4-15(5-3-14)21-17(24)13-6-8-25-9-7-13/h2-5,10-13H,6-9H2,1H3,(H,20,23)(H,21,24)/t12-/m0/s1. The first-order valence-corrected chi connectivity index (χ1v) is 8.27. The molecule has 3 rings (SSSR count). The number of nitrogens with one attached hydrogen (secondary N) is 2. The largest absolute Gasteiger partial charge is 0.381 e. The van der Waals surface area contributed by atoms with E-state index in [1.54, 1.807) is 31.2 Å². The van der Waals surface area contributed by atoms with Crippen molar-refractivity contribution in [3.63, 3.8) is 0 Å². The summed E-state index contributed by atoms with van der Waals surface area (Å²) in [5.74, 6) is -0.180. The fraction of sp³-hybridized carbons (Fsp3) is 0.412. The van der Waals surface area contributed by atoms with Crippen LogP contribution in [0, 0.1) is 5.92 Å². The zero-order valence-corrected chi connectivity index (χ0v) is 14.0. The molecule has 0 saturated carbocycles. The van der Waals surface area contributed by atoms with Gasteiger partial charge in [-0.25, -0.2) is 9.67 Å². The average Bonchev–Trinajstić information content (AvgIpc) is 3.18.